The summed E-state index contributed by atoms with van der Waals surface area (Å²) in [5, 5.41) is 3.15. The van der Waals surface area contributed by atoms with Gasteiger partial charge in [-0.3, -0.25) is 14.5 Å². The molecule has 134 valence electrons. The Kier molecular flexibility index (Phi) is 4.48. The first kappa shape index (κ1) is 16.5. The zero-order valence-corrected chi connectivity index (χ0v) is 14.6. The molecule has 1 N–H and O–H groups in total. The van der Waals surface area contributed by atoms with Crippen molar-refractivity contribution in [3.63, 3.8) is 0 Å². The largest absolute Gasteiger partial charge is 0.376 e. The van der Waals surface area contributed by atoms with E-state index in [1.54, 1.807) is 4.90 Å². The standard InChI is InChI=1S/C19H25N3O3/c1-13-10-21-11-15(9-17(21)12-25-13)20-19(24)14-4-6-16(7-5-14)22-8-2-3-18(22)23/h4-7,13,15,17H,2-3,8-12H2,1H3,(H,20,24)/t13-,15-,17-/m0/s1. The zero-order chi connectivity index (χ0) is 17.4. The molecule has 3 fully saturated rings. The molecule has 1 aromatic rings. The second-order valence-electron chi connectivity index (χ2n) is 7.35. The molecule has 1 aromatic carbocycles. The molecule has 0 unspecified atom stereocenters. The fraction of sp³-hybridized carbons (Fsp3) is 0.579. The normalized spacial score (nSPS) is 29.7. The summed E-state index contributed by atoms with van der Waals surface area (Å²) in [5.41, 5.74) is 1.52. The molecule has 6 nitrogen and oxygen atoms in total. The van der Waals surface area contributed by atoms with Gasteiger partial charge in [-0.15, -0.1) is 0 Å². The molecule has 3 aliphatic heterocycles. The maximum atomic E-state index is 12.5. The summed E-state index contributed by atoms with van der Waals surface area (Å²) in [7, 11) is 0. The van der Waals surface area contributed by atoms with E-state index in [2.05, 4.69) is 17.1 Å². The fourth-order valence-electron chi connectivity index (χ4n) is 4.13. The van der Waals surface area contributed by atoms with Gasteiger partial charge in [0.2, 0.25) is 5.91 Å². The van der Waals surface area contributed by atoms with Crippen molar-refractivity contribution in [2.24, 2.45) is 0 Å². The van der Waals surface area contributed by atoms with Crippen molar-refractivity contribution < 1.29 is 14.3 Å². The van der Waals surface area contributed by atoms with Gasteiger partial charge in [-0.05, 0) is 44.0 Å². The predicted molar refractivity (Wildman–Crippen MR) is 94.7 cm³/mol. The number of anilines is 1. The van der Waals surface area contributed by atoms with E-state index < -0.39 is 0 Å². The monoisotopic (exact) mass is 343 g/mol. The summed E-state index contributed by atoms with van der Waals surface area (Å²) in [6, 6.07) is 7.95. The topological polar surface area (TPSA) is 61.9 Å². The Bertz CT molecular complexity index is 660. The molecule has 0 bridgehead atoms. The molecular formula is C19H25N3O3. The van der Waals surface area contributed by atoms with Gasteiger partial charge in [-0.1, -0.05) is 0 Å². The lowest BCUT2D eigenvalue weighted by Gasteiger charge is -2.33. The van der Waals surface area contributed by atoms with E-state index in [9.17, 15) is 9.59 Å². The van der Waals surface area contributed by atoms with Gasteiger partial charge >= 0.3 is 0 Å². The average Bonchev–Trinajstić information content (AvgIpc) is 3.20. The maximum absolute atomic E-state index is 12.5. The highest BCUT2D eigenvalue weighted by Gasteiger charge is 2.36. The lowest BCUT2D eigenvalue weighted by atomic mass is 10.1. The van der Waals surface area contributed by atoms with Gasteiger partial charge < -0.3 is 15.0 Å². The third kappa shape index (κ3) is 3.41. The minimum Gasteiger partial charge on any atom is -0.376 e. The van der Waals surface area contributed by atoms with Crippen LogP contribution in [0.15, 0.2) is 24.3 Å². The molecule has 2 amide bonds. The molecule has 4 rings (SSSR count). The molecule has 25 heavy (non-hydrogen) atoms. The Hall–Kier alpha value is -1.92. The highest BCUT2D eigenvalue weighted by molar-refractivity contribution is 5.97. The Morgan fingerprint density at radius 2 is 2.04 bits per heavy atom. The summed E-state index contributed by atoms with van der Waals surface area (Å²) in [6.45, 7) is 5.45. The molecule has 0 aliphatic carbocycles. The molecular weight excluding hydrogens is 318 g/mol. The van der Waals surface area contributed by atoms with E-state index in [4.69, 9.17) is 4.74 Å². The van der Waals surface area contributed by atoms with E-state index in [0.717, 1.165) is 44.8 Å². The molecule has 0 spiro atoms. The summed E-state index contributed by atoms with van der Waals surface area (Å²) in [5.74, 6) is 0.120. The zero-order valence-electron chi connectivity index (χ0n) is 14.6. The van der Waals surface area contributed by atoms with Crippen molar-refractivity contribution in [2.75, 3.05) is 31.1 Å². The minimum absolute atomic E-state index is 0.0434. The van der Waals surface area contributed by atoms with Gasteiger partial charge in [0.25, 0.3) is 5.91 Å². The molecule has 3 heterocycles. The van der Waals surface area contributed by atoms with Crippen LogP contribution in [0.25, 0.3) is 0 Å². The number of carbonyl (C=O) groups is 2. The van der Waals surface area contributed by atoms with Crippen molar-refractivity contribution in [3.8, 4) is 0 Å². The van der Waals surface area contributed by atoms with E-state index in [-0.39, 0.29) is 24.0 Å². The quantitative estimate of drug-likeness (QED) is 0.901. The van der Waals surface area contributed by atoms with Crippen molar-refractivity contribution in [1.82, 2.24) is 10.2 Å². The highest BCUT2D eigenvalue weighted by Crippen LogP contribution is 2.24. The van der Waals surface area contributed by atoms with Crippen LogP contribution in [-0.2, 0) is 9.53 Å². The van der Waals surface area contributed by atoms with Crippen LogP contribution >= 0.6 is 0 Å². The van der Waals surface area contributed by atoms with Crippen LogP contribution in [0.5, 0.6) is 0 Å². The second kappa shape index (κ2) is 6.77. The van der Waals surface area contributed by atoms with Crippen molar-refractivity contribution in [1.29, 1.82) is 0 Å². The number of nitrogens with zero attached hydrogens (tertiary/aromatic N) is 2. The van der Waals surface area contributed by atoms with Crippen LogP contribution in [0, 0.1) is 0 Å². The summed E-state index contributed by atoms with van der Waals surface area (Å²) >= 11 is 0. The van der Waals surface area contributed by atoms with Gasteiger partial charge in [-0.2, -0.15) is 0 Å². The van der Waals surface area contributed by atoms with Crippen LogP contribution in [-0.4, -0.2) is 61.1 Å². The van der Waals surface area contributed by atoms with E-state index in [1.165, 1.54) is 0 Å². The maximum Gasteiger partial charge on any atom is 0.251 e. The Balaban J connectivity index is 1.36. The van der Waals surface area contributed by atoms with Gasteiger partial charge in [0.15, 0.2) is 0 Å². The third-order valence-corrected chi connectivity index (χ3v) is 5.44. The number of carbonyl (C=O) groups excluding carboxylic acids is 2. The molecule has 3 saturated heterocycles. The number of ether oxygens (including phenoxy) is 1. The molecule has 3 aliphatic rings. The van der Waals surface area contributed by atoms with Crippen LogP contribution in [0.1, 0.15) is 36.5 Å². The molecule has 0 radical (unpaired) electrons. The third-order valence-electron chi connectivity index (χ3n) is 5.44. The Labute approximate surface area is 148 Å². The molecule has 0 saturated carbocycles. The number of rotatable bonds is 3. The number of nitrogens with one attached hydrogen (secondary N) is 1. The Morgan fingerprint density at radius 3 is 2.76 bits per heavy atom. The average molecular weight is 343 g/mol. The van der Waals surface area contributed by atoms with E-state index in [0.29, 0.717) is 18.0 Å². The number of benzene rings is 1. The first-order chi connectivity index (χ1) is 12.1. The van der Waals surface area contributed by atoms with Crippen LogP contribution in [0.4, 0.5) is 5.69 Å². The molecule has 3 atom stereocenters. The first-order valence-corrected chi connectivity index (χ1v) is 9.17. The van der Waals surface area contributed by atoms with Gasteiger partial charge in [-0.25, -0.2) is 0 Å². The molecule has 6 heteroatoms. The van der Waals surface area contributed by atoms with Crippen molar-refractivity contribution in [2.45, 2.75) is 44.4 Å². The van der Waals surface area contributed by atoms with Gasteiger partial charge in [0, 0.05) is 49.4 Å². The smallest absolute Gasteiger partial charge is 0.251 e. The lowest BCUT2D eigenvalue weighted by molar-refractivity contribution is -0.117. The first-order valence-electron chi connectivity index (χ1n) is 9.17. The van der Waals surface area contributed by atoms with Crippen molar-refractivity contribution in [3.05, 3.63) is 29.8 Å². The summed E-state index contributed by atoms with van der Waals surface area (Å²) in [6.07, 6.45) is 2.73. The Morgan fingerprint density at radius 1 is 1.24 bits per heavy atom. The minimum atomic E-state index is -0.0434. The van der Waals surface area contributed by atoms with Crippen molar-refractivity contribution >= 4 is 17.5 Å². The number of amides is 2. The molecule has 0 aromatic heterocycles. The van der Waals surface area contributed by atoms with Crippen LogP contribution in [0.2, 0.25) is 0 Å². The summed E-state index contributed by atoms with van der Waals surface area (Å²) in [4.78, 5) is 28.5. The second-order valence-corrected chi connectivity index (χ2v) is 7.35. The van der Waals surface area contributed by atoms with Crippen LogP contribution in [0.3, 0.4) is 0 Å². The van der Waals surface area contributed by atoms with Crippen LogP contribution < -0.4 is 10.2 Å². The van der Waals surface area contributed by atoms with E-state index in [1.807, 2.05) is 24.3 Å². The number of hydrogen-bond acceptors (Lipinski definition) is 4. The number of morpholine rings is 1. The SMILES string of the molecule is C[C@H]1CN2C[C@@H](NC(=O)c3ccc(N4CCCC4=O)cc3)C[C@H]2CO1. The number of hydrogen-bond donors (Lipinski definition) is 1. The summed E-state index contributed by atoms with van der Waals surface area (Å²) < 4.78 is 5.71. The van der Waals surface area contributed by atoms with E-state index >= 15 is 0 Å². The van der Waals surface area contributed by atoms with Gasteiger partial charge in [0.05, 0.1) is 12.7 Å². The predicted octanol–water partition coefficient (Wildman–Crippen LogP) is 1.40. The fourth-order valence-corrected chi connectivity index (χ4v) is 4.13. The highest BCUT2D eigenvalue weighted by atomic mass is 16.5. The number of fused-ring (bicyclic) bond motifs is 1. The van der Waals surface area contributed by atoms with Gasteiger partial charge in [0.1, 0.15) is 0 Å². The lowest BCUT2D eigenvalue weighted by Crippen LogP contribution is -2.45.